The number of amides is 1. The zero-order chi connectivity index (χ0) is 15.3. The Hall–Kier alpha value is -1.87. The Morgan fingerprint density at radius 3 is 2.45 bits per heavy atom. The van der Waals surface area contributed by atoms with Crippen molar-refractivity contribution in [3.05, 3.63) is 18.0 Å². The molecule has 0 spiro atoms. The van der Waals surface area contributed by atoms with Gasteiger partial charge in [0.2, 0.25) is 15.9 Å². The molecule has 112 valence electrons. The minimum Gasteiger partial charge on any atom is -0.477 e. The Morgan fingerprint density at radius 1 is 1.35 bits per heavy atom. The summed E-state index contributed by atoms with van der Waals surface area (Å²) in [6.07, 6.45) is 1.27. The van der Waals surface area contributed by atoms with Crippen LogP contribution in [0.1, 0.15) is 24.3 Å². The van der Waals surface area contributed by atoms with Crippen molar-refractivity contribution in [1.29, 1.82) is 0 Å². The van der Waals surface area contributed by atoms with Crippen LogP contribution in [0.25, 0.3) is 0 Å². The Bertz CT molecular complexity index is 606. The SMILES string of the molecule is CCn1cc(S(=O)(=O)NCCNC(C)=O)cc1C(=O)O. The van der Waals surface area contributed by atoms with Crippen LogP contribution in [-0.2, 0) is 21.4 Å². The number of sulfonamides is 1. The molecule has 1 amide bonds. The zero-order valence-corrected chi connectivity index (χ0v) is 12.0. The second-order valence-electron chi connectivity index (χ2n) is 4.03. The minimum absolute atomic E-state index is 0.0294. The summed E-state index contributed by atoms with van der Waals surface area (Å²) in [5.74, 6) is -1.44. The Kier molecular flexibility index (Phi) is 5.28. The van der Waals surface area contributed by atoms with E-state index in [0.717, 1.165) is 6.07 Å². The van der Waals surface area contributed by atoms with E-state index in [0.29, 0.717) is 6.54 Å². The van der Waals surface area contributed by atoms with Gasteiger partial charge in [0.1, 0.15) is 10.6 Å². The van der Waals surface area contributed by atoms with Crippen LogP contribution in [0.2, 0.25) is 0 Å². The fourth-order valence-electron chi connectivity index (χ4n) is 1.58. The quantitative estimate of drug-likeness (QED) is 0.594. The second-order valence-corrected chi connectivity index (χ2v) is 5.80. The summed E-state index contributed by atoms with van der Waals surface area (Å²) >= 11 is 0. The van der Waals surface area contributed by atoms with E-state index >= 15 is 0 Å². The van der Waals surface area contributed by atoms with Crippen molar-refractivity contribution in [3.8, 4) is 0 Å². The Balaban J connectivity index is 2.82. The monoisotopic (exact) mass is 303 g/mol. The lowest BCUT2D eigenvalue weighted by atomic mass is 10.4. The van der Waals surface area contributed by atoms with Gasteiger partial charge in [0.15, 0.2) is 0 Å². The van der Waals surface area contributed by atoms with Crippen molar-refractivity contribution in [2.45, 2.75) is 25.3 Å². The van der Waals surface area contributed by atoms with E-state index in [1.807, 2.05) is 0 Å². The number of aryl methyl sites for hydroxylation is 1. The maximum absolute atomic E-state index is 12.0. The van der Waals surface area contributed by atoms with E-state index in [2.05, 4.69) is 10.0 Å². The van der Waals surface area contributed by atoms with Gasteiger partial charge in [0.05, 0.1) is 0 Å². The van der Waals surface area contributed by atoms with Gasteiger partial charge in [-0.3, -0.25) is 4.79 Å². The predicted molar refractivity (Wildman–Crippen MR) is 70.9 cm³/mol. The van der Waals surface area contributed by atoms with E-state index < -0.39 is 16.0 Å². The summed E-state index contributed by atoms with van der Waals surface area (Å²) in [5.41, 5.74) is -0.0882. The summed E-state index contributed by atoms with van der Waals surface area (Å²) < 4.78 is 27.5. The molecular weight excluding hydrogens is 286 g/mol. The van der Waals surface area contributed by atoms with E-state index in [4.69, 9.17) is 5.11 Å². The summed E-state index contributed by atoms with van der Waals surface area (Å²) in [6, 6.07) is 1.10. The fraction of sp³-hybridized carbons (Fsp3) is 0.455. The average molecular weight is 303 g/mol. The smallest absolute Gasteiger partial charge is 0.352 e. The lowest BCUT2D eigenvalue weighted by Gasteiger charge is -2.05. The molecule has 1 rings (SSSR count). The van der Waals surface area contributed by atoms with Crippen LogP contribution < -0.4 is 10.0 Å². The molecule has 8 nitrogen and oxygen atoms in total. The topological polar surface area (TPSA) is 118 Å². The maximum Gasteiger partial charge on any atom is 0.352 e. The predicted octanol–water partition coefficient (Wildman–Crippen LogP) is -0.379. The van der Waals surface area contributed by atoms with Crippen LogP contribution >= 0.6 is 0 Å². The highest BCUT2D eigenvalue weighted by Crippen LogP contribution is 2.14. The van der Waals surface area contributed by atoms with Gasteiger partial charge >= 0.3 is 5.97 Å². The molecule has 0 aromatic carbocycles. The molecule has 0 aliphatic rings. The largest absolute Gasteiger partial charge is 0.477 e. The first-order valence-electron chi connectivity index (χ1n) is 5.95. The van der Waals surface area contributed by atoms with Crippen LogP contribution in [0.5, 0.6) is 0 Å². The average Bonchev–Trinajstić information content (AvgIpc) is 2.79. The first-order valence-corrected chi connectivity index (χ1v) is 7.43. The third kappa shape index (κ3) is 4.07. The number of nitrogens with zero attached hydrogens (tertiary/aromatic N) is 1. The van der Waals surface area contributed by atoms with Crippen molar-refractivity contribution in [3.63, 3.8) is 0 Å². The standard InChI is InChI=1S/C11H17N3O5S/c1-3-14-7-9(6-10(14)11(16)17)20(18,19)13-5-4-12-8(2)15/h6-7,13H,3-5H2,1-2H3,(H,12,15)(H,16,17). The van der Waals surface area contributed by atoms with Crippen molar-refractivity contribution < 1.29 is 23.1 Å². The number of carbonyl (C=O) groups excluding carboxylic acids is 1. The van der Waals surface area contributed by atoms with Crippen molar-refractivity contribution in [1.82, 2.24) is 14.6 Å². The number of carboxylic acids is 1. The van der Waals surface area contributed by atoms with Gasteiger partial charge in [-0.1, -0.05) is 0 Å². The highest BCUT2D eigenvalue weighted by Gasteiger charge is 2.20. The van der Waals surface area contributed by atoms with E-state index in [-0.39, 0.29) is 29.6 Å². The summed E-state index contributed by atoms with van der Waals surface area (Å²) in [6.45, 7) is 3.58. The number of aromatic carboxylic acids is 1. The molecule has 0 radical (unpaired) electrons. The zero-order valence-electron chi connectivity index (χ0n) is 11.2. The van der Waals surface area contributed by atoms with Crippen LogP contribution in [-0.4, -0.2) is 43.1 Å². The lowest BCUT2D eigenvalue weighted by molar-refractivity contribution is -0.118. The molecule has 0 saturated carbocycles. The molecule has 0 fully saturated rings. The van der Waals surface area contributed by atoms with Gasteiger partial charge in [-0.05, 0) is 13.0 Å². The number of rotatable bonds is 7. The normalized spacial score (nSPS) is 11.3. The van der Waals surface area contributed by atoms with E-state index in [1.165, 1.54) is 17.7 Å². The minimum atomic E-state index is -3.79. The molecule has 0 unspecified atom stereocenters. The molecule has 1 heterocycles. The first kappa shape index (κ1) is 16.2. The van der Waals surface area contributed by atoms with Crippen molar-refractivity contribution in [2.75, 3.05) is 13.1 Å². The van der Waals surface area contributed by atoms with Gasteiger partial charge in [0.25, 0.3) is 0 Å². The molecule has 0 aliphatic carbocycles. The van der Waals surface area contributed by atoms with Crippen LogP contribution in [0.15, 0.2) is 17.2 Å². The third-order valence-corrected chi connectivity index (χ3v) is 3.96. The summed E-state index contributed by atoms with van der Waals surface area (Å²) in [4.78, 5) is 21.5. The Morgan fingerprint density at radius 2 is 2.00 bits per heavy atom. The molecule has 20 heavy (non-hydrogen) atoms. The lowest BCUT2D eigenvalue weighted by Crippen LogP contribution is -2.33. The van der Waals surface area contributed by atoms with Gasteiger partial charge in [-0.2, -0.15) is 0 Å². The highest BCUT2D eigenvalue weighted by molar-refractivity contribution is 7.89. The molecular formula is C11H17N3O5S. The van der Waals surface area contributed by atoms with E-state index in [1.54, 1.807) is 6.92 Å². The van der Waals surface area contributed by atoms with Gasteiger partial charge in [0, 0.05) is 32.8 Å². The molecule has 0 bridgehead atoms. The molecule has 9 heteroatoms. The number of carboxylic acid groups (broad SMARTS) is 1. The summed E-state index contributed by atoms with van der Waals surface area (Å²) in [7, 11) is -3.79. The van der Waals surface area contributed by atoms with Gasteiger partial charge < -0.3 is 15.0 Å². The molecule has 1 aromatic heterocycles. The molecule has 0 saturated heterocycles. The number of hydrogen-bond acceptors (Lipinski definition) is 4. The number of nitrogens with one attached hydrogen (secondary N) is 2. The molecule has 1 aromatic rings. The second kappa shape index (κ2) is 6.53. The first-order chi connectivity index (χ1) is 9.27. The van der Waals surface area contributed by atoms with E-state index in [9.17, 15) is 18.0 Å². The Labute approximate surface area is 116 Å². The summed E-state index contributed by atoms with van der Waals surface area (Å²) in [5, 5.41) is 11.4. The van der Waals surface area contributed by atoms with Crippen LogP contribution in [0, 0.1) is 0 Å². The molecule has 0 aliphatic heterocycles. The third-order valence-electron chi connectivity index (χ3n) is 2.53. The molecule has 3 N–H and O–H groups in total. The van der Waals surface area contributed by atoms with Crippen molar-refractivity contribution >= 4 is 21.9 Å². The highest BCUT2D eigenvalue weighted by atomic mass is 32.2. The number of hydrogen-bond donors (Lipinski definition) is 3. The van der Waals surface area contributed by atoms with Gasteiger partial charge in [-0.25, -0.2) is 17.9 Å². The number of carbonyl (C=O) groups is 2. The van der Waals surface area contributed by atoms with Crippen LogP contribution in [0.4, 0.5) is 0 Å². The number of aromatic nitrogens is 1. The maximum atomic E-state index is 12.0. The van der Waals surface area contributed by atoms with Crippen molar-refractivity contribution in [2.24, 2.45) is 0 Å². The van der Waals surface area contributed by atoms with Crippen LogP contribution in [0.3, 0.4) is 0 Å². The molecule has 0 atom stereocenters. The fourth-order valence-corrected chi connectivity index (χ4v) is 2.65. The van der Waals surface area contributed by atoms with Gasteiger partial charge in [-0.15, -0.1) is 0 Å².